The number of benzene rings is 3. The summed E-state index contributed by atoms with van der Waals surface area (Å²) < 4.78 is 0. The average molecular weight is 375 g/mol. The molecule has 1 atom stereocenters. The Morgan fingerprint density at radius 3 is 2.04 bits per heavy atom. The van der Waals surface area contributed by atoms with Crippen LogP contribution < -0.4 is 15.9 Å². The van der Waals surface area contributed by atoms with E-state index in [0.29, 0.717) is 0 Å². The van der Waals surface area contributed by atoms with E-state index in [9.17, 15) is 0 Å². The molecule has 3 aromatic carbocycles. The van der Waals surface area contributed by atoms with Crippen LogP contribution in [0.15, 0.2) is 66.7 Å². The molecule has 0 amide bonds. The van der Waals surface area contributed by atoms with Crippen molar-refractivity contribution in [3.63, 3.8) is 0 Å². The van der Waals surface area contributed by atoms with Gasteiger partial charge < -0.3 is 0 Å². The van der Waals surface area contributed by atoms with Gasteiger partial charge in [-0.15, -0.1) is 0 Å². The number of rotatable bonds is 7. The Morgan fingerprint density at radius 1 is 0.667 bits per heavy atom. The maximum absolute atomic E-state index is 2.39. The van der Waals surface area contributed by atoms with Crippen LogP contribution in [0.4, 0.5) is 0 Å². The summed E-state index contributed by atoms with van der Waals surface area (Å²) in [5.74, 6) is 0. The summed E-state index contributed by atoms with van der Waals surface area (Å²) in [7, 11) is -0.542. The molecule has 0 spiro atoms. The van der Waals surface area contributed by atoms with Gasteiger partial charge in [0, 0.05) is 0 Å². The van der Waals surface area contributed by atoms with Crippen LogP contribution in [0.3, 0.4) is 0 Å². The molecule has 3 rings (SSSR count). The Hall–Kier alpha value is -1.91. The molecule has 0 heterocycles. The van der Waals surface area contributed by atoms with Crippen LogP contribution in [-0.2, 0) is 12.8 Å². The Bertz CT molecular complexity index is 880. The molecule has 0 saturated heterocycles. The standard InChI is InChI=1S/C26H31P/c1-5-12-22-15-11-19-26(24(22)13-6-2)27(23-16-8-7-9-17-23)25-18-10-14-20(3)21(25)4/h7-11,14-19H,5-6,12-13H2,1-4H3. The molecule has 0 N–H and O–H groups in total. The summed E-state index contributed by atoms with van der Waals surface area (Å²) in [6, 6.07) is 25.0. The van der Waals surface area contributed by atoms with Gasteiger partial charge in [-0.25, -0.2) is 0 Å². The van der Waals surface area contributed by atoms with Crippen molar-refractivity contribution in [2.24, 2.45) is 0 Å². The molecule has 1 heteroatoms. The molecular formula is C26H31P. The monoisotopic (exact) mass is 374 g/mol. The quantitative estimate of drug-likeness (QED) is 0.447. The van der Waals surface area contributed by atoms with Crippen LogP contribution in [0.2, 0.25) is 0 Å². The zero-order chi connectivity index (χ0) is 19.2. The lowest BCUT2D eigenvalue weighted by Crippen LogP contribution is -2.26. The fraction of sp³-hybridized carbons (Fsp3) is 0.308. The largest absolute Gasteiger partial charge is 0.0651 e. The summed E-state index contributed by atoms with van der Waals surface area (Å²) in [5, 5.41) is 4.51. The third kappa shape index (κ3) is 4.33. The van der Waals surface area contributed by atoms with Gasteiger partial charge in [0.05, 0.1) is 0 Å². The molecule has 27 heavy (non-hydrogen) atoms. The van der Waals surface area contributed by atoms with Gasteiger partial charge in [-0.2, -0.15) is 0 Å². The van der Waals surface area contributed by atoms with E-state index in [-0.39, 0.29) is 0 Å². The van der Waals surface area contributed by atoms with E-state index in [1.165, 1.54) is 47.4 Å². The van der Waals surface area contributed by atoms with E-state index >= 15 is 0 Å². The number of hydrogen-bond donors (Lipinski definition) is 0. The topological polar surface area (TPSA) is 0 Å². The molecule has 0 fully saturated rings. The lowest BCUT2D eigenvalue weighted by Gasteiger charge is -2.26. The highest BCUT2D eigenvalue weighted by atomic mass is 31.1. The van der Waals surface area contributed by atoms with Crippen LogP contribution in [0, 0.1) is 13.8 Å². The fourth-order valence-electron chi connectivity index (χ4n) is 3.84. The molecule has 3 aromatic rings. The average Bonchev–Trinajstić information content (AvgIpc) is 2.69. The van der Waals surface area contributed by atoms with Crippen LogP contribution in [-0.4, -0.2) is 0 Å². The van der Waals surface area contributed by atoms with E-state index in [2.05, 4.69) is 94.4 Å². The lowest BCUT2D eigenvalue weighted by molar-refractivity contribution is 0.866. The zero-order valence-corrected chi connectivity index (χ0v) is 18.0. The van der Waals surface area contributed by atoms with E-state index < -0.39 is 7.92 Å². The first kappa shape index (κ1) is 19.8. The van der Waals surface area contributed by atoms with Gasteiger partial charge in [-0.1, -0.05) is 93.4 Å². The first-order valence-corrected chi connectivity index (χ1v) is 11.5. The Morgan fingerprint density at radius 2 is 1.33 bits per heavy atom. The molecule has 0 aliphatic carbocycles. The van der Waals surface area contributed by atoms with Crippen molar-refractivity contribution in [3.05, 3.63) is 89.0 Å². The molecule has 140 valence electrons. The minimum Gasteiger partial charge on any atom is -0.0651 e. The maximum atomic E-state index is 2.39. The van der Waals surface area contributed by atoms with E-state index in [0.717, 1.165) is 0 Å². The van der Waals surface area contributed by atoms with Crippen molar-refractivity contribution in [2.45, 2.75) is 53.4 Å². The van der Waals surface area contributed by atoms with Gasteiger partial charge in [-0.3, -0.25) is 0 Å². The second-order valence-corrected chi connectivity index (χ2v) is 9.46. The van der Waals surface area contributed by atoms with Gasteiger partial charge in [0.1, 0.15) is 0 Å². The van der Waals surface area contributed by atoms with Crippen molar-refractivity contribution in [3.8, 4) is 0 Å². The molecule has 0 nitrogen and oxygen atoms in total. The van der Waals surface area contributed by atoms with Crippen molar-refractivity contribution in [1.82, 2.24) is 0 Å². The molecule has 0 aliphatic heterocycles. The SMILES string of the molecule is CCCc1cccc(P(c2ccccc2)c2cccc(C)c2C)c1CCC. The van der Waals surface area contributed by atoms with Crippen LogP contribution >= 0.6 is 7.92 Å². The second-order valence-electron chi connectivity index (χ2n) is 7.30. The smallest absolute Gasteiger partial charge is 0.0116 e. The van der Waals surface area contributed by atoms with Gasteiger partial charge >= 0.3 is 0 Å². The Balaban J connectivity index is 2.26. The summed E-state index contributed by atoms with van der Waals surface area (Å²) in [6.45, 7) is 9.11. The highest BCUT2D eigenvalue weighted by molar-refractivity contribution is 7.80. The van der Waals surface area contributed by atoms with Crippen molar-refractivity contribution in [1.29, 1.82) is 0 Å². The molecular weight excluding hydrogens is 343 g/mol. The van der Waals surface area contributed by atoms with Crippen molar-refractivity contribution >= 4 is 23.8 Å². The maximum Gasteiger partial charge on any atom is -0.0116 e. The number of hydrogen-bond acceptors (Lipinski definition) is 0. The zero-order valence-electron chi connectivity index (χ0n) is 17.1. The highest BCUT2D eigenvalue weighted by Crippen LogP contribution is 2.37. The normalized spacial score (nSPS) is 12.1. The fourth-order valence-corrected chi connectivity index (χ4v) is 6.63. The minimum absolute atomic E-state index is 0.542. The van der Waals surface area contributed by atoms with Gasteiger partial charge in [0.2, 0.25) is 0 Å². The lowest BCUT2D eigenvalue weighted by atomic mass is 10.00. The Labute approximate surface area is 166 Å². The van der Waals surface area contributed by atoms with Crippen LogP contribution in [0.5, 0.6) is 0 Å². The first-order chi connectivity index (χ1) is 13.2. The summed E-state index contributed by atoms with van der Waals surface area (Å²) in [5.41, 5.74) is 5.97. The molecule has 0 aromatic heterocycles. The van der Waals surface area contributed by atoms with E-state index in [1.54, 1.807) is 16.4 Å². The summed E-state index contributed by atoms with van der Waals surface area (Å²) >= 11 is 0. The van der Waals surface area contributed by atoms with Crippen LogP contribution in [0.1, 0.15) is 48.9 Å². The van der Waals surface area contributed by atoms with Crippen molar-refractivity contribution < 1.29 is 0 Å². The predicted molar refractivity (Wildman–Crippen MR) is 123 cm³/mol. The van der Waals surface area contributed by atoms with E-state index in [4.69, 9.17) is 0 Å². The van der Waals surface area contributed by atoms with Gasteiger partial charge in [-0.05, 0) is 72.8 Å². The molecule has 0 saturated carbocycles. The molecule has 0 radical (unpaired) electrons. The Kier molecular flexibility index (Phi) is 6.86. The minimum atomic E-state index is -0.542. The van der Waals surface area contributed by atoms with Crippen molar-refractivity contribution in [2.75, 3.05) is 0 Å². The van der Waals surface area contributed by atoms with Gasteiger partial charge in [0.25, 0.3) is 0 Å². The third-order valence-corrected chi connectivity index (χ3v) is 8.02. The number of aryl methyl sites for hydroxylation is 2. The summed E-state index contributed by atoms with van der Waals surface area (Å²) in [4.78, 5) is 0. The highest BCUT2D eigenvalue weighted by Gasteiger charge is 2.22. The molecule has 0 bridgehead atoms. The van der Waals surface area contributed by atoms with E-state index in [1.807, 2.05) is 0 Å². The first-order valence-electron chi connectivity index (χ1n) is 10.2. The molecule has 0 aliphatic rings. The van der Waals surface area contributed by atoms with Gasteiger partial charge in [0.15, 0.2) is 0 Å². The third-order valence-electron chi connectivity index (χ3n) is 5.34. The molecule has 1 unspecified atom stereocenters. The van der Waals surface area contributed by atoms with Crippen LogP contribution in [0.25, 0.3) is 0 Å². The summed E-state index contributed by atoms with van der Waals surface area (Å²) in [6.07, 6.45) is 4.74. The second kappa shape index (κ2) is 9.34. The predicted octanol–water partition coefficient (Wildman–Crippen LogP) is 5.97.